The lowest BCUT2D eigenvalue weighted by atomic mass is 9.97. The van der Waals surface area contributed by atoms with Gasteiger partial charge in [0.25, 0.3) is 0 Å². The second-order valence-electron chi connectivity index (χ2n) is 5.90. The summed E-state index contributed by atoms with van der Waals surface area (Å²) in [6, 6.07) is 4.99. The number of carboxylic acid groups (broad SMARTS) is 1. The molecule has 1 atom stereocenters. The fraction of sp³-hybridized carbons (Fsp3) is 0.529. The molecule has 0 saturated heterocycles. The average Bonchev–Trinajstić information content (AvgIpc) is 2.76. The number of rotatable bonds is 5. The van der Waals surface area contributed by atoms with Gasteiger partial charge in [-0.15, -0.1) is 0 Å². The summed E-state index contributed by atoms with van der Waals surface area (Å²) in [6.45, 7) is 0. The number of hydrogen-bond donors (Lipinski definition) is 2. The van der Waals surface area contributed by atoms with Gasteiger partial charge in [0.2, 0.25) is 5.91 Å². The van der Waals surface area contributed by atoms with Crippen LogP contribution in [0.4, 0.5) is 4.39 Å². The molecule has 0 aliphatic heterocycles. The molecule has 0 radical (unpaired) electrons. The Morgan fingerprint density at radius 2 is 1.73 bits per heavy atom. The fourth-order valence-corrected chi connectivity index (χ4v) is 2.95. The van der Waals surface area contributed by atoms with E-state index in [0.717, 1.165) is 38.5 Å². The van der Waals surface area contributed by atoms with E-state index in [2.05, 4.69) is 5.32 Å². The van der Waals surface area contributed by atoms with Gasteiger partial charge in [-0.3, -0.25) is 9.59 Å². The highest BCUT2D eigenvalue weighted by molar-refractivity contribution is 5.80. The Bertz CT molecular complexity index is 507. The molecule has 0 spiro atoms. The monoisotopic (exact) mass is 307 g/mol. The van der Waals surface area contributed by atoms with Crippen LogP contribution in [-0.4, -0.2) is 17.0 Å². The molecular weight excluding hydrogens is 285 g/mol. The molecule has 1 fully saturated rings. The number of carboxylic acids is 1. The predicted molar refractivity (Wildman–Crippen MR) is 80.7 cm³/mol. The van der Waals surface area contributed by atoms with Crippen LogP contribution < -0.4 is 5.32 Å². The number of amides is 1. The average molecular weight is 307 g/mol. The molecule has 1 unspecified atom stereocenters. The molecule has 0 bridgehead atoms. The second-order valence-corrected chi connectivity index (χ2v) is 5.90. The van der Waals surface area contributed by atoms with Gasteiger partial charge in [-0.2, -0.15) is 0 Å². The van der Waals surface area contributed by atoms with Crippen molar-refractivity contribution in [2.24, 2.45) is 5.92 Å². The maximum absolute atomic E-state index is 13.0. The second kappa shape index (κ2) is 7.92. The van der Waals surface area contributed by atoms with Gasteiger partial charge in [-0.05, 0) is 30.5 Å². The minimum Gasteiger partial charge on any atom is -0.481 e. The molecular formula is C17H22FNO3. The van der Waals surface area contributed by atoms with Crippen LogP contribution in [0, 0.1) is 11.7 Å². The topological polar surface area (TPSA) is 66.4 Å². The van der Waals surface area contributed by atoms with Gasteiger partial charge >= 0.3 is 5.97 Å². The van der Waals surface area contributed by atoms with Crippen molar-refractivity contribution < 1.29 is 19.1 Å². The third-order valence-corrected chi connectivity index (χ3v) is 4.19. The van der Waals surface area contributed by atoms with Gasteiger partial charge in [0.15, 0.2) is 0 Å². The largest absolute Gasteiger partial charge is 0.481 e. The Kier molecular flexibility index (Phi) is 5.92. The lowest BCUT2D eigenvalue weighted by molar-refractivity contribution is -0.138. The first-order valence-electron chi connectivity index (χ1n) is 7.84. The zero-order valence-corrected chi connectivity index (χ0v) is 12.6. The SMILES string of the molecule is O=C(O)CC(NC(=O)C1CCCCCC1)c1ccc(F)cc1. The smallest absolute Gasteiger partial charge is 0.305 e. The van der Waals surface area contributed by atoms with Crippen molar-refractivity contribution in [1.29, 1.82) is 0 Å². The van der Waals surface area contributed by atoms with E-state index in [4.69, 9.17) is 5.11 Å². The van der Waals surface area contributed by atoms with Crippen LogP contribution in [0.25, 0.3) is 0 Å². The number of halogens is 1. The van der Waals surface area contributed by atoms with E-state index < -0.39 is 12.0 Å². The molecule has 1 aliphatic rings. The highest BCUT2D eigenvalue weighted by atomic mass is 19.1. The zero-order chi connectivity index (χ0) is 15.9. The van der Waals surface area contributed by atoms with Crippen LogP contribution in [0.2, 0.25) is 0 Å². The maximum Gasteiger partial charge on any atom is 0.305 e. The number of nitrogens with one attached hydrogen (secondary N) is 1. The molecule has 5 heteroatoms. The fourth-order valence-electron chi connectivity index (χ4n) is 2.95. The van der Waals surface area contributed by atoms with E-state index in [1.54, 1.807) is 0 Å². The Morgan fingerprint density at radius 3 is 2.27 bits per heavy atom. The minimum atomic E-state index is -0.990. The van der Waals surface area contributed by atoms with Gasteiger partial charge in [0.1, 0.15) is 5.82 Å². The van der Waals surface area contributed by atoms with Crippen molar-refractivity contribution in [3.63, 3.8) is 0 Å². The summed E-state index contributed by atoms with van der Waals surface area (Å²) in [4.78, 5) is 23.4. The highest BCUT2D eigenvalue weighted by Gasteiger charge is 2.24. The molecule has 1 saturated carbocycles. The molecule has 0 heterocycles. The molecule has 120 valence electrons. The zero-order valence-electron chi connectivity index (χ0n) is 12.6. The van der Waals surface area contributed by atoms with E-state index in [0.29, 0.717) is 5.56 Å². The molecule has 1 aromatic carbocycles. The molecule has 2 rings (SSSR count). The van der Waals surface area contributed by atoms with Crippen LogP contribution in [0.5, 0.6) is 0 Å². The molecule has 1 amide bonds. The molecule has 4 nitrogen and oxygen atoms in total. The molecule has 0 aromatic heterocycles. The quantitative estimate of drug-likeness (QED) is 0.819. The molecule has 2 N–H and O–H groups in total. The van der Waals surface area contributed by atoms with E-state index in [1.165, 1.54) is 24.3 Å². The molecule has 1 aliphatic carbocycles. The third-order valence-electron chi connectivity index (χ3n) is 4.19. The van der Waals surface area contributed by atoms with Crippen LogP contribution in [-0.2, 0) is 9.59 Å². The van der Waals surface area contributed by atoms with Crippen molar-refractivity contribution in [2.45, 2.75) is 51.0 Å². The van der Waals surface area contributed by atoms with Crippen molar-refractivity contribution in [2.75, 3.05) is 0 Å². The Morgan fingerprint density at radius 1 is 1.14 bits per heavy atom. The van der Waals surface area contributed by atoms with Gasteiger partial charge < -0.3 is 10.4 Å². The van der Waals surface area contributed by atoms with Gasteiger partial charge in [-0.1, -0.05) is 37.8 Å². The van der Waals surface area contributed by atoms with Crippen LogP contribution in [0.1, 0.15) is 56.6 Å². The van der Waals surface area contributed by atoms with Gasteiger partial charge in [0, 0.05) is 5.92 Å². The standard InChI is InChI=1S/C17H22FNO3/c18-14-9-7-12(8-10-14)15(11-16(20)21)19-17(22)13-5-3-1-2-4-6-13/h7-10,13,15H,1-6,11H2,(H,19,22)(H,20,21). The Balaban J connectivity index is 2.06. The van der Waals surface area contributed by atoms with Crippen molar-refractivity contribution >= 4 is 11.9 Å². The number of aliphatic carboxylic acids is 1. The number of carbonyl (C=O) groups excluding carboxylic acids is 1. The summed E-state index contributed by atoms with van der Waals surface area (Å²) in [7, 11) is 0. The van der Waals surface area contributed by atoms with E-state index in [9.17, 15) is 14.0 Å². The molecule has 1 aromatic rings. The first-order valence-corrected chi connectivity index (χ1v) is 7.84. The highest BCUT2D eigenvalue weighted by Crippen LogP contribution is 2.25. The number of hydrogen-bond acceptors (Lipinski definition) is 2. The van der Waals surface area contributed by atoms with Gasteiger partial charge in [0.05, 0.1) is 12.5 Å². The van der Waals surface area contributed by atoms with Gasteiger partial charge in [-0.25, -0.2) is 4.39 Å². The van der Waals surface area contributed by atoms with Crippen molar-refractivity contribution in [3.8, 4) is 0 Å². The normalized spacial score (nSPS) is 17.5. The summed E-state index contributed by atoms with van der Waals surface area (Å²) >= 11 is 0. The summed E-state index contributed by atoms with van der Waals surface area (Å²) < 4.78 is 13.0. The maximum atomic E-state index is 13.0. The predicted octanol–water partition coefficient (Wildman–Crippen LogP) is 3.43. The van der Waals surface area contributed by atoms with E-state index >= 15 is 0 Å². The van der Waals surface area contributed by atoms with E-state index in [-0.39, 0.29) is 24.1 Å². The van der Waals surface area contributed by atoms with Crippen LogP contribution in [0.3, 0.4) is 0 Å². The molecule has 22 heavy (non-hydrogen) atoms. The van der Waals surface area contributed by atoms with Crippen molar-refractivity contribution in [3.05, 3.63) is 35.6 Å². The first-order chi connectivity index (χ1) is 10.6. The third kappa shape index (κ3) is 4.83. The van der Waals surface area contributed by atoms with Crippen LogP contribution in [0.15, 0.2) is 24.3 Å². The lowest BCUT2D eigenvalue weighted by Gasteiger charge is -2.21. The van der Waals surface area contributed by atoms with Crippen molar-refractivity contribution in [1.82, 2.24) is 5.32 Å². The number of carbonyl (C=O) groups is 2. The van der Waals surface area contributed by atoms with E-state index in [1.807, 2.05) is 0 Å². The minimum absolute atomic E-state index is 0.0424. The Hall–Kier alpha value is -1.91. The Labute approximate surface area is 129 Å². The summed E-state index contributed by atoms with van der Waals surface area (Å²) in [5, 5.41) is 11.9. The first kappa shape index (κ1) is 16.5. The number of benzene rings is 1. The lowest BCUT2D eigenvalue weighted by Crippen LogP contribution is -2.35. The summed E-state index contributed by atoms with van der Waals surface area (Å²) in [5.74, 6) is -1.50. The summed E-state index contributed by atoms with van der Waals surface area (Å²) in [6.07, 6.45) is 5.89. The summed E-state index contributed by atoms with van der Waals surface area (Å²) in [5.41, 5.74) is 0.616. The van der Waals surface area contributed by atoms with Crippen LogP contribution >= 0.6 is 0 Å².